The summed E-state index contributed by atoms with van der Waals surface area (Å²) >= 11 is 0. The molecule has 0 radical (unpaired) electrons. The standard InChI is InChI=1S/C20H27N3O2/c21-19-16-8-7-15(10-16)18(19)20(25)22-11-13-3-5-14(6-4-13)12-23-9-1-2-17(23)24/h3-6,15-16,18-19H,1-2,7-12,21H2,(H,22,25). The van der Waals surface area contributed by atoms with Crippen LogP contribution in [0.15, 0.2) is 24.3 Å². The zero-order valence-electron chi connectivity index (χ0n) is 14.6. The number of hydrogen-bond donors (Lipinski definition) is 2. The number of rotatable bonds is 5. The van der Waals surface area contributed by atoms with E-state index in [0.717, 1.165) is 36.9 Å². The molecule has 1 aromatic carbocycles. The highest BCUT2D eigenvalue weighted by atomic mass is 16.2. The van der Waals surface area contributed by atoms with Crippen molar-refractivity contribution < 1.29 is 9.59 Å². The van der Waals surface area contributed by atoms with Crippen LogP contribution in [0.5, 0.6) is 0 Å². The van der Waals surface area contributed by atoms with E-state index in [1.807, 2.05) is 17.0 Å². The maximum atomic E-state index is 12.5. The van der Waals surface area contributed by atoms with E-state index in [4.69, 9.17) is 5.73 Å². The highest BCUT2D eigenvalue weighted by Gasteiger charge is 2.48. The van der Waals surface area contributed by atoms with E-state index < -0.39 is 0 Å². The second-order valence-electron chi connectivity index (χ2n) is 7.89. The summed E-state index contributed by atoms with van der Waals surface area (Å²) in [4.78, 5) is 26.1. The zero-order chi connectivity index (χ0) is 17.4. The highest BCUT2D eigenvalue weighted by Crippen LogP contribution is 2.47. The lowest BCUT2D eigenvalue weighted by Crippen LogP contribution is -2.45. The minimum atomic E-state index is -0.000739. The van der Waals surface area contributed by atoms with Gasteiger partial charge >= 0.3 is 0 Å². The topological polar surface area (TPSA) is 75.4 Å². The predicted octanol–water partition coefficient (Wildman–Crippen LogP) is 1.80. The van der Waals surface area contributed by atoms with Crippen molar-refractivity contribution in [3.63, 3.8) is 0 Å². The number of nitrogens with one attached hydrogen (secondary N) is 1. The number of carbonyl (C=O) groups excluding carboxylic acids is 2. The van der Waals surface area contributed by atoms with Crippen LogP contribution in [0.4, 0.5) is 0 Å². The zero-order valence-corrected chi connectivity index (χ0v) is 14.6. The number of likely N-dealkylation sites (tertiary alicyclic amines) is 1. The maximum absolute atomic E-state index is 12.5. The Bertz CT molecular complexity index is 655. The van der Waals surface area contributed by atoms with E-state index in [-0.39, 0.29) is 23.8 Å². The molecule has 5 nitrogen and oxygen atoms in total. The van der Waals surface area contributed by atoms with E-state index in [0.29, 0.717) is 31.3 Å². The van der Waals surface area contributed by atoms with E-state index in [2.05, 4.69) is 17.4 Å². The molecule has 4 rings (SSSR count). The van der Waals surface area contributed by atoms with Gasteiger partial charge in [-0.1, -0.05) is 24.3 Å². The first-order valence-electron chi connectivity index (χ1n) is 9.50. The number of hydrogen-bond acceptors (Lipinski definition) is 3. The molecule has 4 unspecified atom stereocenters. The van der Waals surface area contributed by atoms with Crippen LogP contribution in [0.3, 0.4) is 0 Å². The predicted molar refractivity (Wildman–Crippen MR) is 95.2 cm³/mol. The molecule has 1 saturated heterocycles. The van der Waals surface area contributed by atoms with E-state index in [1.54, 1.807) is 0 Å². The minimum Gasteiger partial charge on any atom is -0.352 e. The van der Waals surface area contributed by atoms with Crippen LogP contribution >= 0.6 is 0 Å². The van der Waals surface area contributed by atoms with Crippen molar-refractivity contribution in [2.75, 3.05) is 6.54 Å². The molecular formula is C20H27N3O2. The van der Waals surface area contributed by atoms with Gasteiger partial charge in [0.25, 0.3) is 0 Å². The molecule has 134 valence electrons. The Kier molecular flexibility index (Phi) is 4.50. The third-order valence-electron chi connectivity index (χ3n) is 6.32. The van der Waals surface area contributed by atoms with Gasteiger partial charge in [0.15, 0.2) is 0 Å². The Labute approximate surface area is 148 Å². The van der Waals surface area contributed by atoms with Gasteiger partial charge in [0, 0.05) is 32.1 Å². The van der Waals surface area contributed by atoms with Gasteiger partial charge in [-0.3, -0.25) is 9.59 Å². The highest BCUT2D eigenvalue weighted by molar-refractivity contribution is 5.80. The summed E-state index contributed by atoms with van der Waals surface area (Å²) in [5, 5.41) is 3.07. The summed E-state index contributed by atoms with van der Waals surface area (Å²) in [6.07, 6.45) is 5.11. The van der Waals surface area contributed by atoms with Crippen molar-refractivity contribution in [1.29, 1.82) is 0 Å². The second kappa shape index (κ2) is 6.79. The fraction of sp³-hybridized carbons (Fsp3) is 0.600. The molecule has 0 spiro atoms. The van der Waals surface area contributed by atoms with Crippen LogP contribution in [0.2, 0.25) is 0 Å². The third kappa shape index (κ3) is 3.30. The van der Waals surface area contributed by atoms with Gasteiger partial charge in [-0.15, -0.1) is 0 Å². The van der Waals surface area contributed by atoms with Crippen LogP contribution in [-0.4, -0.2) is 29.3 Å². The van der Waals surface area contributed by atoms with Crippen molar-refractivity contribution in [3.05, 3.63) is 35.4 Å². The van der Waals surface area contributed by atoms with Crippen LogP contribution in [0.1, 0.15) is 43.2 Å². The average Bonchev–Trinajstić information content (AvgIpc) is 3.31. The first kappa shape index (κ1) is 16.6. The summed E-state index contributed by atoms with van der Waals surface area (Å²) in [6, 6.07) is 8.22. The van der Waals surface area contributed by atoms with E-state index in [9.17, 15) is 9.59 Å². The lowest BCUT2D eigenvalue weighted by atomic mass is 9.84. The fourth-order valence-electron chi connectivity index (χ4n) is 4.89. The number of carbonyl (C=O) groups is 2. The minimum absolute atomic E-state index is 0.000739. The van der Waals surface area contributed by atoms with Gasteiger partial charge in [-0.05, 0) is 48.6 Å². The van der Waals surface area contributed by atoms with Crippen LogP contribution in [-0.2, 0) is 22.7 Å². The van der Waals surface area contributed by atoms with E-state index >= 15 is 0 Å². The molecule has 3 fully saturated rings. The average molecular weight is 341 g/mol. The quantitative estimate of drug-likeness (QED) is 0.857. The third-order valence-corrected chi connectivity index (χ3v) is 6.32. The molecule has 5 heteroatoms. The largest absolute Gasteiger partial charge is 0.352 e. The number of nitrogens with zero attached hydrogens (tertiary/aromatic N) is 1. The Morgan fingerprint density at radius 2 is 1.88 bits per heavy atom. The smallest absolute Gasteiger partial charge is 0.225 e. The molecule has 3 aliphatic rings. The number of amides is 2. The van der Waals surface area contributed by atoms with Crippen molar-refractivity contribution in [2.24, 2.45) is 23.5 Å². The SMILES string of the molecule is NC1C2CCC(C2)C1C(=O)NCc1ccc(CN2CCCC2=O)cc1. The van der Waals surface area contributed by atoms with Gasteiger partial charge in [-0.25, -0.2) is 0 Å². The second-order valence-corrected chi connectivity index (χ2v) is 7.89. The van der Waals surface area contributed by atoms with Crippen LogP contribution in [0.25, 0.3) is 0 Å². The molecule has 2 bridgehead atoms. The molecule has 2 aliphatic carbocycles. The summed E-state index contributed by atoms with van der Waals surface area (Å²) in [5.41, 5.74) is 8.47. The molecule has 4 atom stereocenters. The molecule has 3 N–H and O–H groups in total. The van der Waals surface area contributed by atoms with Crippen molar-refractivity contribution in [3.8, 4) is 0 Å². The van der Waals surface area contributed by atoms with Gasteiger partial charge in [0.1, 0.15) is 0 Å². The molecule has 0 aromatic heterocycles. The molecule has 2 saturated carbocycles. The van der Waals surface area contributed by atoms with Gasteiger partial charge < -0.3 is 16.0 Å². The molecule has 1 heterocycles. The monoisotopic (exact) mass is 341 g/mol. The molecule has 25 heavy (non-hydrogen) atoms. The normalized spacial score (nSPS) is 30.9. The van der Waals surface area contributed by atoms with Crippen LogP contribution in [0, 0.1) is 17.8 Å². The number of benzene rings is 1. The Morgan fingerprint density at radius 3 is 2.52 bits per heavy atom. The molecular weight excluding hydrogens is 314 g/mol. The molecule has 1 aromatic rings. The van der Waals surface area contributed by atoms with Crippen molar-refractivity contribution in [1.82, 2.24) is 10.2 Å². The summed E-state index contributed by atoms with van der Waals surface area (Å²) in [6.45, 7) is 2.09. The van der Waals surface area contributed by atoms with Crippen molar-refractivity contribution in [2.45, 2.75) is 51.2 Å². The first-order valence-corrected chi connectivity index (χ1v) is 9.50. The molecule has 2 amide bonds. The summed E-state index contributed by atoms with van der Waals surface area (Å²) in [7, 11) is 0. The fourth-order valence-corrected chi connectivity index (χ4v) is 4.89. The maximum Gasteiger partial charge on any atom is 0.225 e. The first-order chi connectivity index (χ1) is 12.1. The van der Waals surface area contributed by atoms with Gasteiger partial charge in [0.05, 0.1) is 5.92 Å². The van der Waals surface area contributed by atoms with Gasteiger partial charge in [-0.2, -0.15) is 0 Å². The Hall–Kier alpha value is -1.88. The van der Waals surface area contributed by atoms with Gasteiger partial charge in [0.2, 0.25) is 11.8 Å². The van der Waals surface area contributed by atoms with Crippen molar-refractivity contribution >= 4 is 11.8 Å². The van der Waals surface area contributed by atoms with Crippen LogP contribution < -0.4 is 11.1 Å². The number of nitrogens with two attached hydrogens (primary N) is 1. The number of fused-ring (bicyclic) bond motifs is 2. The lowest BCUT2D eigenvalue weighted by Gasteiger charge is -2.27. The summed E-state index contributed by atoms with van der Waals surface area (Å²) in [5.74, 6) is 1.40. The Morgan fingerprint density at radius 1 is 1.16 bits per heavy atom. The molecule has 1 aliphatic heterocycles. The lowest BCUT2D eigenvalue weighted by molar-refractivity contribution is -0.128. The summed E-state index contributed by atoms with van der Waals surface area (Å²) < 4.78 is 0. The van der Waals surface area contributed by atoms with E-state index in [1.165, 1.54) is 6.42 Å². The Balaban J connectivity index is 1.29.